The molecule has 0 radical (unpaired) electrons. The Kier molecular flexibility index (Phi) is 2.36. The number of aromatic amines is 1. The third-order valence-electron chi connectivity index (χ3n) is 1.55. The van der Waals surface area contributed by atoms with Crippen LogP contribution in [0.2, 0.25) is 0 Å². The maximum absolute atomic E-state index is 10.7. The lowest BCUT2D eigenvalue weighted by atomic mass is 10.3. The predicted octanol–water partition coefficient (Wildman–Crippen LogP) is 0.187. The van der Waals surface area contributed by atoms with Gasteiger partial charge < -0.3 is 4.74 Å². The normalized spacial score (nSPS) is 9.93. The smallest absolute Gasteiger partial charge is 0.309 e. The molecule has 0 unspecified atom stereocenters. The highest BCUT2D eigenvalue weighted by atomic mass is 16.5. The van der Waals surface area contributed by atoms with Gasteiger partial charge in [0.1, 0.15) is 5.69 Å². The van der Waals surface area contributed by atoms with Gasteiger partial charge in [-0.2, -0.15) is 5.21 Å². The summed E-state index contributed by atoms with van der Waals surface area (Å²) in [7, 11) is 0. The first-order valence-corrected chi connectivity index (χ1v) is 4.15. The number of rotatable bonds is 2. The van der Waals surface area contributed by atoms with Gasteiger partial charge in [-0.3, -0.25) is 4.79 Å². The number of carbonyl (C=O) groups is 1. The van der Waals surface area contributed by atoms with Crippen molar-refractivity contribution in [1.82, 2.24) is 25.6 Å². The van der Waals surface area contributed by atoms with Gasteiger partial charge in [-0.05, 0) is 11.3 Å². The van der Waals surface area contributed by atoms with Gasteiger partial charge in [0.25, 0.3) is 0 Å². The van der Waals surface area contributed by atoms with Crippen molar-refractivity contribution in [2.45, 2.75) is 6.92 Å². The second kappa shape index (κ2) is 3.82. The lowest BCUT2D eigenvalue weighted by molar-refractivity contribution is -0.132. The Morgan fingerprint density at radius 2 is 2.33 bits per heavy atom. The second-order valence-corrected chi connectivity index (χ2v) is 2.69. The van der Waals surface area contributed by atoms with Gasteiger partial charge in [-0.1, -0.05) is 6.07 Å². The van der Waals surface area contributed by atoms with Crippen LogP contribution in [0.1, 0.15) is 6.92 Å². The van der Waals surface area contributed by atoms with Crippen LogP contribution in [0.3, 0.4) is 0 Å². The Morgan fingerprint density at radius 1 is 1.47 bits per heavy atom. The van der Waals surface area contributed by atoms with Gasteiger partial charge in [0.05, 0.1) is 0 Å². The average molecular weight is 205 g/mol. The van der Waals surface area contributed by atoms with E-state index >= 15 is 0 Å². The molecule has 76 valence electrons. The zero-order valence-corrected chi connectivity index (χ0v) is 7.84. The maximum atomic E-state index is 10.7. The Hall–Kier alpha value is -2.31. The molecule has 0 amide bonds. The minimum absolute atomic E-state index is 0.213. The number of hydrogen-bond donors (Lipinski definition) is 1. The summed E-state index contributed by atoms with van der Waals surface area (Å²) in [5, 5.41) is 13.2. The van der Waals surface area contributed by atoms with Crippen molar-refractivity contribution in [3.05, 3.63) is 18.2 Å². The summed E-state index contributed by atoms with van der Waals surface area (Å²) < 4.78 is 4.82. The summed E-state index contributed by atoms with van der Waals surface area (Å²) in [6.07, 6.45) is 0. The van der Waals surface area contributed by atoms with Crippen LogP contribution in [0, 0.1) is 0 Å². The summed E-state index contributed by atoms with van der Waals surface area (Å²) in [5.74, 6) is 0.140. The molecule has 0 aliphatic heterocycles. The van der Waals surface area contributed by atoms with E-state index in [1.807, 2.05) is 0 Å². The minimum atomic E-state index is -0.423. The SMILES string of the molecule is CC(=O)Oc1cccc(-c2nn[nH]n2)n1. The number of esters is 1. The number of H-pyrrole nitrogens is 1. The lowest BCUT2D eigenvalue weighted by Gasteiger charge is -2.00. The molecule has 2 aromatic heterocycles. The molecule has 2 rings (SSSR count). The van der Waals surface area contributed by atoms with Crippen LogP contribution in [-0.2, 0) is 4.79 Å². The lowest BCUT2D eigenvalue weighted by Crippen LogP contribution is -2.03. The topological polar surface area (TPSA) is 93.7 Å². The number of tetrazole rings is 1. The number of pyridine rings is 1. The highest BCUT2D eigenvalue weighted by molar-refractivity contribution is 5.68. The molecule has 0 fully saturated rings. The van der Waals surface area contributed by atoms with E-state index in [0.29, 0.717) is 11.5 Å². The molecule has 2 aromatic rings. The van der Waals surface area contributed by atoms with Crippen LogP contribution < -0.4 is 4.74 Å². The maximum Gasteiger partial charge on any atom is 0.309 e. The van der Waals surface area contributed by atoms with Crippen molar-refractivity contribution >= 4 is 5.97 Å². The molecule has 0 spiro atoms. The van der Waals surface area contributed by atoms with E-state index in [2.05, 4.69) is 25.6 Å². The molecule has 0 atom stereocenters. The fourth-order valence-electron chi connectivity index (χ4n) is 1.01. The van der Waals surface area contributed by atoms with Crippen LogP contribution in [-0.4, -0.2) is 31.6 Å². The minimum Gasteiger partial charge on any atom is -0.408 e. The molecule has 7 nitrogen and oxygen atoms in total. The number of nitrogens with zero attached hydrogens (tertiary/aromatic N) is 4. The Morgan fingerprint density at radius 3 is 3.00 bits per heavy atom. The average Bonchev–Trinajstić information content (AvgIpc) is 2.69. The Bertz CT molecular complexity index is 468. The van der Waals surface area contributed by atoms with Gasteiger partial charge in [0.2, 0.25) is 11.7 Å². The van der Waals surface area contributed by atoms with Gasteiger partial charge in [0, 0.05) is 13.0 Å². The zero-order chi connectivity index (χ0) is 10.7. The standard InChI is InChI=1S/C8H7N5O2/c1-5(14)15-7-4-2-3-6(9-7)8-10-12-13-11-8/h2-4H,1H3,(H,10,11,12,13). The number of aromatic nitrogens is 5. The van der Waals surface area contributed by atoms with Crippen molar-refractivity contribution < 1.29 is 9.53 Å². The van der Waals surface area contributed by atoms with Crippen molar-refractivity contribution in [3.63, 3.8) is 0 Å². The van der Waals surface area contributed by atoms with E-state index in [1.54, 1.807) is 18.2 Å². The van der Waals surface area contributed by atoms with Crippen LogP contribution in [0.25, 0.3) is 11.5 Å². The summed E-state index contributed by atoms with van der Waals surface area (Å²) in [5.41, 5.74) is 0.488. The predicted molar refractivity (Wildman–Crippen MR) is 48.7 cm³/mol. The molecular weight excluding hydrogens is 198 g/mol. The van der Waals surface area contributed by atoms with E-state index in [4.69, 9.17) is 4.74 Å². The number of ether oxygens (including phenoxy) is 1. The number of carbonyl (C=O) groups excluding carboxylic acids is 1. The number of nitrogens with one attached hydrogen (secondary N) is 1. The fraction of sp³-hybridized carbons (Fsp3) is 0.125. The Labute approximate surface area is 84.5 Å². The Balaban J connectivity index is 2.31. The third-order valence-corrected chi connectivity index (χ3v) is 1.55. The van der Waals surface area contributed by atoms with Crippen LogP contribution in [0.5, 0.6) is 5.88 Å². The van der Waals surface area contributed by atoms with Crippen LogP contribution >= 0.6 is 0 Å². The first-order chi connectivity index (χ1) is 7.25. The molecule has 0 saturated carbocycles. The van der Waals surface area contributed by atoms with Gasteiger partial charge in [-0.25, -0.2) is 4.98 Å². The molecule has 0 aliphatic carbocycles. The van der Waals surface area contributed by atoms with Crippen LogP contribution in [0.15, 0.2) is 18.2 Å². The van der Waals surface area contributed by atoms with Gasteiger partial charge >= 0.3 is 5.97 Å². The quantitative estimate of drug-likeness (QED) is 0.703. The largest absolute Gasteiger partial charge is 0.408 e. The van der Waals surface area contributed by atoms with E-state index in [1.165, 1.54) is 6.92 Å². The molecule has 0 aromatic carbocycles. The monoisotopic (exact) mass is 205 g/mol. The zero-order valence-electron chi connectivity index (χ0n) is 7.84. The molecule has 0 bridgehead atoms. The fourth-order valence-corrected chi connectivity index (χ4v) is 1.01. The first kappa shape index (κ1) is 9.25. The molecule has 2 heterocycles. The molecule has 1 N–H and O–H groups in total. The molecular formula is C8H7N5O2. The summed E-state index contributed by atoms with van der Waals surface area (Å²) in [6.45, 7) is 1.31. The molecule has 0 aliphatic rings. The number of hydrogen-bond acceptors (Lipinski definition) is 6. The third kappa shape index (κ3) is 2.13. The van der Waals surface area contributed by atoms with Crippen molar-refractivity contribution in [3.8, 4) is 17.4 Å². The second-order valence-electron chi connectivity index (χ2n) is 2.69. The highest BCUT2D eigenvalue weighted by Gasteiger charge is 2.06. The van der Waals surface area contributed by atoms with Gasteiger partial charge in [0.15, 0.2) is 0 Å². The first-order valence-electron chi connectivity index (χ1n) is 4.15. The molecule has 7 heteroatoms. The van der Waals surface area contributed by atoms with Crippen molar-refractivity contribution in [2.24, 2.45) is 0 Å². The summed E-state index contributed by atoms with van der Waals surface area (Å²) in [4.78, 5) is 14.7. The van der Waals surface area contributed by atoms with E-state index in [-0.39, 0.29) is 5.88 Å². The van der Waals surface area contributed by atoms with E-state index in [0.717, 1.165) is 0 Å². The van der Waals surface area contributed by atoms with Crippen molar-refractivity contribution in [1.29, 1.82) is 0 Å². The summed E-state index contributed by atoms with van der Waals surface area (Å²) >= 11 is 0. The van der Waals surface area contributed by atoms with Crippen LogP contribution in [0.4, 0.5) is 0 Å². The van der Waals surface area contributed by atoms with Gasteiger partial charge in [-0.15, -0.1) is 10.2 Å². The molecule has 0 saturated heterocycles. The van der Waals surface area contributed by atoms with E-state index in [9.17, 15) is 4.79 Å². The van der Waals surface area contributed by atoms with Crippen molar-refractivity contribution in [2.75, 3.05) is 0 Å². The summed E-state index contributed by atoms with van der Waals surface area (Å²) in [6, 6.07) is 4.96. The molecule has 15 heavy (non-hydrogen) atoms. The van der Waals surface area contributed by atoms with E-state index < -0.39 is 5.97 Å². The highest BCUT2D eigenvalue weighted by Crippen LogP contribution is 2.14.